The van der Waals surface area contributed by atoms with Gasteiger partial charge in [0, 0.05) is 44.2 Å². The van der Waals surface area contributed by atoms with Crippen molar-refractivity contribution in [1.82, 2.24) is 14.4 Å². The van der Waals surface area contributed by atoms with Crippen LogP contribution in [0.5, 0.6) is 0 Å². The van der Waals surface area contributed by atoms with Gasteiger partial charge in [0.2, 0.25) is 11.8 Å². The number of benzene rings is 1. The summed E-state index contributed by atoms with van der Waals surface area (Å²) in [4.78, 5) is 29.3. The molecule has 2 atom stereocenters. The summed E-state index contributed by atoms with van der Waals surface area (Å²) in [6.45, 7) is 7.00. The van der Waals surface area contributed by atoms with E-state index in [0.29, 0.717) is 42.6 Å². The van der Waals surface area contributed by atoms with Crippen LogP contribution in [0.2, 0.25) is 0 Å². The highest BCUT2D eigenvalue weighted by atomic mass is 16.2. The van der Waals surface area contributed by atoms with Crippen LogP contribution in [0.1, 0.15) is 42.2 Å². The summed E-state index contributed by atoms with van der Waals surface area (Å²) in [7, 11) is 1.93. The van der Waals surface area contributed by atoms with Crippen molar-refractivity contribution in [3.05, 3.63) is 41.5 Å². The van der Waals surface area contributed by atoms with Crippen LogP contribution in [0.3, 0.4) is 0 Å². The minimum absolute atomic E-state index is 0.0241. The summed E-state index contributed by atoms with van der Waals surface area (Å²) in [5.74, 6) is -0.732. The highest BCUT2D eigenvalue weighted by Gasteiger charge is 2.37. The lowest BCUT2D eigenvalue weighted by atomic mass is 9.79. The van der Waals surface area contributed by atoms with Gasteiger partial charge in [-0.15, -0.1) is 0 Å². The molecule has 2 aliphatic rings. The van der Waals surface area contributed by atoms with Crippen molar-refractivity contribution in [2.75, 3.05) is 26.7 Å². The standard InChI is InChI=1S/C22H27N3O2/c1-5-24(6-2)22(27)16-10-18-17-8-7-9-19-21(17)15(13-25(19)14(3)26)11-20(18)23(4)12-16/h7-10,13,16,20H,5-6,11-12H2,1-4H3/t16-,20-/m1/s1/i7D,8D,9D,13D. The monoisotopic (exact) mass is 369 g/mol. The number of hydrogen-bond donors (Lipinski definition) is 0. The molecule has 0 saturated carbocycles. The first kappa shape index (κ1) is 13.7. The molecule has 0 bridgehead atoms. The lowest BCUT2D eigenvalue weighted by molar-refractivity contribution is -0.134. The fourth-order valence-electron chi connectivity index (χ4n) is 4.39. The van der Waals surface area contributed by atoms with E-state index in [1.165, 1.54) is 11.5 Å². The normalized spacial score (nSPS) is 23.8. The van der Waals surface area contributed by atoms with E-state index in [2.05, 4.69) is 4.90 Å². The highest BCUT2D eigenvalue weighted by molar-refractivity contribution is 6.03. The van der Waals surface area contributed by atoms with Gasteiger partial charge >= 0.3 is 0 Å². The van der Waals surface area contributed by atoms with Gasteiger partial charge in [0.1, 0.15) is 0 Å². The Bertz CT molecular complexity index is 1150. The van der Waals surface area contributed by atoms with Crippen LogP contribution in [0.25, 0.3) is 16.5 Å². The highest BCUT2D eigenvalue weighted by Crippen LogP contribution is 2.41. The molecule has 4 rings (SSSR count). The molecule has 27 heavy (non-hydrogen) atoms. The van der Waals surface area contributed by atoms with Gasteiger partial charge in [-0.05, 0) is 50.1 Å². The Kier molecular flexibility index (Phi) is 3.38. The Labute approximate surface area is 165 Å². The summed E-state index contributed by atoms with van der Waals surface area (Å²) in [6, 6.07) is -0.712. The summed E-state index contributed by atoms with van der Waals surface area (Å²) in [5.41, 5.74) is 2.13. The number of nitrogens with zero attached hydrogens (tertiary/aromatic N) is 3. The number of carbonyl (C=O) groups excluding carboxylic acids is 2. The van der Waals surface area contributed by atoms with Crippen LogP contribution in [-0.4, -0.2) is 58.9 Å². The van der Waals surface area contributed by atoms with Crippen molar-refractivity contribution in [3.8, 4) is 0 Å². The molecule has 1 aliphatic carbocycles. The molecule has 2 aromatic rings. The number of carbonyl (C=O) groups is 2. The number of fused-ring (bicyclic) bond motifs is 2. The van der Waals surface area contributed by atoms with E-state index in [4.69, 9.17) is 5.48 Å². The van der Waals surface area contributed by atoms with Gasteiger partial charge in [0.15, 0.2) is 0 Å². The van der Waals surface area contributed by atoms with Crippen LogP contribution >= 0.6 is 0 Å². The van der Waals surface area contributed by atoms with Crippen LogP contribution < -0.4 is 0 Å². The van der Waals surface area contributed by atoms with Crippen molar-refractivity contribution >= 4 is 28.3 Å². The van der Waals surface area contributed by atoms with Crippen LogP contribution in [0.4, 0.5) is 0 Å². The van der Waals surface area contributed by atoms with Crippen molar-refractivity contribution in [1.29, 1.82) is 0 Å². The van der Waals surface area contributed by atoms with Gasteiger partial charge in [0.25, 0.3) is 0 Å². The number of likely N-dealkylation sites (N-methyl/N-ethyl adjacent to an activating group) is 1. The minimum atomic E-state index is -0.389. The topological polar surface area (TPSA) is 45.6 Å². The molecule has 2 heterocycles. The number of aromatic nitrogens is 1. The van der Waals surface area contributed by atoms with Gasteiger partial charge in [-0.25, -0.2) is 0 Å². The van der Waals surface area contributed by atoms with Gasteiger partial charge in [-0.1, -0.05) is 18.2 Å². The van der Waals surface area contributed by atoms with E-state index in [-0.39, 0.29) is 53.6 Å². The van der Waals surface area contributed by atoms with Crippen LogP contribution in [-0.2, 0) is 11.2 Å². The summed E-state index contributed by atoms with van der Waals surface area (Å²) in [6.07, 6.45) is 2.41. The lowest BCUT2D eigenvalue weighted by Crippen LogP contribution is -2.47. The van der Waals surface area contributed by atoms with Crippen LogP contribution in [0, 0.1) is 5.92 Å². The second kappa shape index (κ2) is 6.64. The van der Waals surface area contributed by atoms with Gasteiger partial charge in [-0.3, -0.25) is 19.1 Å². The molecule has 1 aromatic heterocycles. The first-order valence-corrected chi connectivity index (χ1v) is 9.49. The summed E-state index contributed by atoms with van der Waals surface area (Å²) >= 11 is 0. The number of rotatable bonds is 3. The molecule has 0 radical (unpaired) electrons. The van der Waals surface area contributed by atoms with E-state index in [0.717, 1.165) is 5.57 Å². The SMILES string of the molecule is [2H]c1c([2H])c([2H])c2c3c(c([2H])n2C(C)=O)C[C@@H]2C(=C[C@@H](C(=O)N(CC)CC)CN2C)c13. The molecular formula is C22H27N3O2. The number of hydrogen-bond acceptors (Lipinski definition) is 3. The van der Waals surface area contributed by atoms with Gasteiger partial charge in [0.05, 0.1) is 16.9 Å². The second-order valence-corrected chi connectivity index (χ2v) is 7.32. The maximum Gasteiger partial charge on any atom is 0.230 e. The van der Waals surface area contributed by atoms with E-state index < -0.39 is 0 Å². The van der Waals surface area contributed by atoms with Crippen molar-refractivity contribution in [2.45, 2.75) is 33.2 Å². The molecule has 5 heteroatoms. The average molecular weight is 370 g/mol. The van der Waals surface area contributed by atoms with Crippen molar-refractivity contribution in [2.24, 2.45) is 5.92 Å². The Hall–Kier alpha value is -2.40. The quantitative estimate of drug-likeness (QED) is 0.835. The van der Waals surface area contributed by atoms with E-state index in [9.17, 15) is 9.59 Å². The Morgan fingerprint density at radius 1 is 1.30 bits per heavy atom. The molecule has 0 unspecified atom stereocenters. The third-order valence-corrected chi connectivity index (χ3v) is 5.78. The molecule has 5 nitrogen and oxygen atoms in total. The molecule has 1 aliphatic heterocycles. The van der Waals surface area contributed by atoms with Crippen molar-refractivity contribution in [3.63, 3.8) is 0 Å². The molecule has 0 saturated heterocycles. The smallest absolute Gasteiger partial charge is 0.230 e. The Morgan fingerprint density at radius 3 is 2.70 bits per heavy atom. The number of amides is 1. The maximum atomic E-state index is 13.1. The summed E-state index contributed by atoms with van der Waals surface area (Å²) in [5, 5.41) is 0.540. The predicted octanol–water partition coefficient (Wildman–Crippen LogP) is 3.04. The lowest BCUT2D eigenvalue weighted by Gasteiger charge is -2.40. The molecular weight excluding hydrogens is 338 g/mol. The molecule has 1 amide bonds. The first-order valence-electron chi connectivity index (χ1n) is 11.5. The minimum Gasteiger partial charge on any atom is -0.343 e. The molecule has 1 aromatic carbocycles. The zero-order valence-corrected chi connectivity index (χ0v) is 16.2. The molecule has 142 valence electrons. The largest absolute Gasteiger partial charge is 0.343 e. The summed E-state index contributed by atoms with van der Waals surface area (Å²) < 4.78 is 35.2. The van der Waals surface area contributed by atoms with E-state index in [1.807, 2.05) is 27.0 Å². The Morgan fingerprint density at radius 2 is 2.04 bits per heavy atom. The Balaban J connectivity index is 2.02. The first-order chi connectivity index (χ1) is 14.6. The van der Waals surface area contributed by atoms with E-state index in [1.54, 1.807) is 4.90 Å². The third kappa shape index (κ3) is 2.72. The van der Waals surface area contributed by atoms with Gasteiger partial charge < -0.3 is 4.90 Å². The van der Waals surface area contributed by atoms with Gasteiger partial charge in [-0.2, -0.15) is 0 Å². The predicted molar refractivity (Wildman–Crippen MR) is 108 cm³/mol. The third-order valence-electron chi connectivity index (χ3n) is 5.78. The fourth-order valence-corrected chi connectivity index (χ4v) is 4.39. The maximum absolute atomic E-state index is 13.1. The molecule has 0 N–H and O–H groups in total. The van der Waals surface area contributed by atoms with Crippen LogP contribution in [0.15, 0.2) is 30.4 Å². The second-order valence-electron chi connectivity index (χ2n) is 7.32. The average Bonchev–Trinajstić information content (AvgIpc) is 3.03. The fraction of sp³-hybridized carbons (Fsp3) is 0.455. The van der Waals surface area contributed by atoms with Crippen molar-refractivity contribution < 1.29 is 15.1 Å². The zero-order valence-electron chi connectivity index (χ0n) is 20.2. The molecule has 0 spiro atoms. The zero-order chi connectivity index (χ0) is 22.8. The molecule has 0 fully saturated rings. The van der Waals surface area contributed by atoms with E-state index >= 15 is 0 Å².